The van der Waals surface area contributed by atoms with E-state index in [9.17, 15) is 12.6 Å². The van der Waals surface area contributed by atoms with Crippen LogP contribution in [0.1, 0.15) is 34.1 Å². The Morgan fingerprint density at radius 1 is 1.27 bits per heavy atom. The van der Waals surface area contributed by atoms with Crippen LogP contribution in [0.25, 0.3) is 0 Å². The molecule has 0 radical (unpaired) electrons. The van der Waals surface area contributed by atoms with Gasteiger partial charge in [0.1, 0.15) is 0 Å². The molecule has 92 valence electrons. The minimum absolute atomic E-state index is 0.103. The molecule has 0 aliphatic carbocycles. The van der Waals surface area contributed by atoms with E-state index in [1.807, 2.05) is 0 Å². The molecule has 0 heterocycles. The Kier molecular flexibility index (Phi) is 4.49. The van der Waals surface area contributed by atoms with Gasteiger partial charge >= 0.3 is 0 Å². The summed E-state index contributed by atoms with van der Waals surface area (Å²) >= 11 is -2.05. The summed E-state index contributed by atoms with van der Waals surface area (Å²) in [5, 5.41) is 0. The van der Waals surface area contributed by atoms with Crippen LogP contribution in [-0.4, -0.2) is 33.7 Å². The van der Waals surface area contributed by atoms with Crippen LogP contribution in [-0.2, 0) is 21.1 Å². The van der Waals surface area contributed by atoms with Gasteiger partial charge in [-0.05, 0) is 41.2 Å². The molecular weight excluding hydrogens is 238 g/mol. The second-order valence-electron chi connectivity index (χ2n) is 4.65. The van der Waals surface area contributed by atoms with Crippen molar-refractivity contribution in [1.29, 1.82) is 0 Å². The maximum atomic E-state index is 11.6. The van der Waals surface area contributed by atoms with Crippen LogP contribution in [0.4, 0.5) is 0 Å². The number of hydrogen-bond acceptors (Lipinski definition) is 3. The normalized spacial score (nSPS) is 16.4. The molecule has 5 nitrogen and oxygen atoms in total. The molecule has 0 spiro atoms. The standard InChI is InChI=1S/C8H19NO4S2/c1-7(2,14(10)11)6-8(3,4)15(12,13)9-5/h9H,6H2,1-5H3,(H,10,11). The summed E-state index contributed by atoms with van der Waals surface area (Å²) in [5.41, 5.74) is 0. The van der Waals surface area contributed by atoms with E-state index >= 15 is 0 Å². The Bertz CT molecular complexity index is 346. The zero-order valence-electron chi connectivity index (χ0n) is 9.70. The smallest absolute Gasteiger partial charge is 0.216 e. The first-order valence-corrected chi connectivity index (χ1v) is 7.09. The molecular formula is C8H19NO4S2. The van der Waals surface area contributed by atoms with Crippen LogP contribution in [0, 0.1) is 0 Å². The highest BCUT2D eigenvalue weighted by Crippen LogP contribution is 2.29. The third-order valence-electron chi connectivity index (χ3n) is 2.32. The summed E-state index contributed by atoms with van der Waals surface area (Å²) in [5.74, 6) is 0. The summed E-state index contributed by atoms with van der Waals surface area (Å²) in [6, 6.07) is 0. The van der Waals surface area contributed by atoms with E-state index in [1.165, 1.54) is 20.9 Å². The molecule has 1 atom stereocenters. The maximum Gasteiger partial charge on any atom is 0.216 e. The highest BCUT2D eigenvalue weighted by Gasteiger charge is 2.41. The van der Waals surface area contributed by atoms with Crippen LogP contribution in [0.15, 0.2) is 0 Å². The Morgan fingerprint density at radius 3 is 1.93 bits per heavy atom. The van der Waals surface area contributed by atoms with Crippen molar-refractivity contribution >= 4 is 21.1 Å². The molecule has 0 aromatic heterocycles. The lowest BCUT2D eigenvalue weighted by atomic mass is 9.99. The van der Waals surface area contributed by atoms with Crippen molar-refractivity contribution in [3.8, 4) is 0 Å². The van der Waals surface area contributed by atoms with Gasteiger partial charge in [0.2, 0.25) is 10.0 Å². The van der Waals surface area contributed by atoms with E-state index in [0.29, 0.717) is 0 Å². The second-order valence-corrected chi connectivity index (χ2v) is 8.78. The van der Waals surface area contributed by atoms with Crippen LogP contribution in [0.5, 0.6) is 0 Å². The average molecular weight is 257 g/mol. The predicted molar refractivity (Wildman–Crippen MR) is 61.5 cm³/mol. The largest absolute Gasteiger partial charge is 0.306 e. The fourth-order valence-corrected chi connectivity index (χ4v) is 3.14. The molecule has 7 heteroatoms. The Balaban J connectivity index is 5.04. The highest BCUT2D eigenvalue weighted by molar-refractivity contribution is 7.90. The molecule has 0 aromatic carbocycles. The zero-order valence-corrected chi connectivity index (χ0v) is 11.3. The second kappa shape index (κ2) is 4.48. The molecule has 2 N–H and O–H groups in total. The lowest BCUT2D eigenvalue weighted by molar-refractivity contribution is 0.447. The van der Waals surface area contributed by atoms with E-state index < -0.39 is 30.6 Å². The molecule has 0 fully saturated rings. The Labute approximate surface area is 94.0 Å². The van der Waals surface area contributed by atoms with Crippen molar-refractivity contribution in [1.82, 2.24) is 4.72 Å². The van der Waals surface area contributed by atoms with Crippen molar-refractivity contribution in [3.05, 3.63) is 0 Å². The van der Waals surface area contributed by atoms with Crippen LogP contribution in [0.2, 0.25) is 0 Å². The number of hydrogen-bond donors (Lipinski definition) is 2. The quantitative estimate of drug-likeness (QED) is 0.710. The van der Waals surface area contributed by atoms with Crippen LogP contribution >= 0.6 is 0 Å². The van der Waals surface area contributed by atoms with E-state index in [-0.39, 0.29) is 6.42 Å². The number of rotatable bonds is 5. The van der Waals surface area contributed by atoms with Gasteiger partial charge in [0.25, 0.3) is 0 Å². The number of sulfonamides is 1. The molecule has 15 heavy (non-hydrogen) atoms. The highest BCUT2D eigenvalue weighted by atomic mass is 32.2. The summed E-state index contributed by atoms with van der Waals surface area (Å²) in [6.45, 7) is 6.20. The monoisotopic (exact) mass is 257 g/mol. The molecule has 0 bridgehead atoms. The summed E-state index contributed by atoms with van der Waals surface area (Å²) < 4.78 is 43.5. The van der Waals surface area contributed by atoms with Gasteiger partial charge in [0.15, 0.2) is 11.1 Å². The van der Waals surface area contributed by atoms with Gasteiger partial charge in [-0.1, -0.05) is 0 Å². The molecule has 0 amide bonds. The van der Waals surface area contributed by atoms with Crippen molar-refractivity contribution in [2.45, 2.75) is 43.6 Å². The van der Waals surface area contributed by atoms with E-state index in [0.717, 1.165) is 0 Å². The first-order valence-electron chi connectivity index (χ1n) is 4.50. The van der Waals surface area contributed by atoms with Gasteiger partial charge in [-0.3, -0.25) is 0 Å². The topological polar surface area (TPSA) is 83.5 Å². The lowest BCUT2D eigenvalue weighted by Gasteiger charge is -2.31. The predicted octanol–water partition coefficient (Wildman–Crippen LogP) is 0.705. The van der Waals surface area contributed by atoms with Crippen molar-refractivity contribution < 1.29 is 17.2 Å². The third kappa shape index (κ3) is 3.51. The van der Waals surface area contributed by atoms with Gasteiger partial charge in [-0.15, -0.1) is 0 Å². The van der Waals surface area contributed by atoms with Crippen molar-refractivity contribution in [3.63, 3.8) is 0 Å². The van der Waals surface area contributed by atoms with E-state index in [1.54, 1.807) is 13.8 Å². The van der Waals surface area contributed by atoms with Gasteiger partial charge < -0.3 is 4.55 Å². The molecule has 0 saturated heterocycles. The lowest BCUT2D eigenvalue weighted by Crippen LogP contribution is -2.46. The van der Waals surface area contributed by atoms with Crippen molar-refractivity contribution in [2.75, 3.05) is 7.05 Å². The Morgan fingerprint density at radius 2 is 1.67 bits per heavy atom. The van der Waals surface area contributed by atoms with Crippen LogP contribution < -0.4 is 4.72 Å². The van der Waals surface area contributed by atoms with E-state index in [2.05, 4.69) is 4.72 Å². The van der Waals surface area contributed by atoms with Crippen molar-refractivity contribution in [2.24, 2.45) is 0 Å². The first-order chi connectivity index (χ1) is 6.46. The van der Waals surface area contributed by atoms with Gasteiger partial charge in [-0.25, -0.2) is 17.3 Å². The molecule has 0 aromatic rings. The SMILES string of the molecule is CNS(=O)(=O)C(C)(C)CC(C)(C)S(=O)O. The molecule has 0 aliphatic rings. The maximum absolute atomic E-state index is 11.6. The fraction of sp³-hybridized carbons (Fsp3) is 1.00. The summed E-state index contributed by atoms with van der Waals surface area (Å²) in [7, 11) is -2.13. The molecule has 0 rings (SSSR count). The molecule has 0 aliphatic heterocycles. The van der Waals surface area contributed by atoms with Gasteiger partial charge in [-0.2, -0.15) is 0 Å². The average Bonchev–Trinajstić information content (AvgIpc) is 2.01. The van der Waals surface area contributed by atoms with E-state index in [4.69, 9.17) is 4.55 Å². The Hall–Kier alpha value is 0.0200. The molecule has 0 saturated carbocycles. The summed E-state index contributed by atoms with van der Waals surface area (Å²) in [4.78, 5) is 0. The van der Waals surface area contributed by atoms with Gasteiger partial charge in [0, 0.05) is 0 Å². The third-order valence-corrected chi connectivity index (χ3v) is 5.55. The van der Waals surface area contributed by atoms with Crippen LogP contribution in [0.3, 0.4) is 0 Å². The first kappa shape index (κ1) is 15.0. The minimum atomic E-state index is -3.46. The van der Waals surface area contributed by atoms with Gasteiger partial charge in [0.05, 0.1) is 9.49 Å². The summed E-state index contributed by atoms with van der Waals surface area (Å²) in [6.07, 6.45) is 0.103. The minimum Gasteiger partial charge on any atom is -0.306 e. The zero-order chi connectivity index (χ0) is 12.5. The number of nitrogens with one attached hydrogen (secondary N) is 1. The fourth-order valence-electron chi connectivity index (χ4n) is 1.46. The molecule has 1 unspecified atom stereocenters.